The smallest absolute Gasteiger partial charge is 0.334 e. The number of carbonyl (C=O) groups excluding carboxylic acids is 6. The molecule has 316 valence electrons. The van der Waals surface area contributed by atoms with Gasteiger partial charge in [-0.2, -0.15) is 0 Å². The van der Waals surface area contributed by atoms with Crippen molar-refractivity contribution in [1.82, 2.24) is 0 Å². The van der Waals surface area contributed by atoms with E-state index in [1.54, 1.807) is 60.7 Å². The standard InChI is InChI=1S/2C28H22O4/c2*1-32-27(31)23-17-16-20(18-10-4-2-5-11-18)24(19-12-6-3-7-13-19)28(23)25(29)21-14-8-9-15-22(21)26(28)30/h2*2-15,17,20,24H,16H2,1H3/t2*20-,24-/m11/s1. The average molecular weight is 845 g/mol. The Kier molecular flexibility index (Phi) is 11.1. The van der Waals surface area contributed by atoms with E-state index in [1.807, 2.05) is 121 Å². The van der Waals surface area contributed by atoms with Crippen LogP contribution >= 0.6 is 0 Å². The van der Waals surface area contributed by atoms with Crippen LogP contribution < -0.4 is 0 Å². The molecule has 10 rings (SSSR count). The molecule has 0 amide bonds. The van der Waals surface area contributed by atoms with Gasteiger partial charge in [-0.3, -0.25) is 19.2 Å². The van der Waals surface area contributed by atoms with Crippen LogP contribution in [-0.2, 0) is 19.1 Å². The van der Waals surface area contributed by atoms with Gasteiger partial charge in [0.2, 0.25) is 0 Å². The summed E-state index contributed by atoms with van der Waals surface area (Å²) in [5, 5.41) is 0. The largest absolute Gasteiger partial charge is 0.466 e. The minimum atomic E-state index is -1.66. The maximum atomic E-state index is 14.1. The highest BCUT2D eigenvalue weighted by molar-refractivity contribution is 6.35. The van der Waals surface area contributed by atoms with E-state index in [0.29, 0.717) is 35.1 Å². The van der Waals surface area contributed by atoms with Gasteiger partial charge in [0, 0.05) is 34.1 Å². The number of esters is 2. The van der Waals surface area contributed by atoms with E-state index in [4.69, 9.17) is 9.47 Å². The highest BCUT2D eigenvalue weighted by Crippen LogP contribution is 2.62. The van der Waals surface area contributed by atoms with Gasteiger partial charge in [0.15, 0.2) is 23.1 Å². The number of benzene rings is 6. The molecule has 6 aromatic carbocycles. The van der Waals surface area contributed by atoms with Gasteiger partial charge in [0.1, 0.15) is 10.8 Å². The molecule has 4 aliphatic rings. The van der Waals surface area contributed by atoms with E-state index >= 15 is 0 Å². The van der Waals surface area contributed by atoms with Gasteiger partial charge >= 0.3 is 11.9 Å². The summed E-state index contributed by atoms with van der Waals surface area (Å²) in [5.74, 6) is -3.99. The number of fused-ring (bicyclic) bond motifs is 2. The molecule has 0 fully saturated rings. The van der Waals surface area contributed by atoms with Crippen molar-refractivity contribution in [3.63, 3.8) is 0 Å². The summed E-state index contributed by atoms with van der Waals surface area (Å²) in [4.78, 5) is 82.4. The zero-order valence-electron chi connectivity index (χ0n) is 35.3. The first kappa shape index (κ1) is 41.8. The van der Waals surface area contributed by atoms with Gasteiger partial charge in [0.05, 0.1) is 25.4 Å². The summed E-state index contributed by atoms with van der Waals surface area (Å²) < 4.78 is 10.2. The zero-order chi connectivity index (χ0) is 44.6. The summed E-state index contributed by atoms with van der Waals surface area (Å²) in [7, 11) is 2.57. The van der Waals surface area contributed by atoms with Crippen molar-refractivity contribution in [2.24, 2.45) is 10.8 Å². The van der Waals surface area contributed by atoms with E-state index in [-0.39, 0.29) is 46.1 Å². The van der Waals surface area contributed by atoms with Crippen molar-refractivity contribution in [3.05, 3.63) is 238 Å². The Bertz CT molecular complexity index is 2610. The van der Waals surface area contributed by atoms with Crippen LogP contribution in [0.25, 0.3) is 0 Å². The maximum Gasteiger partial charge on any atom is 0.334 e. The molecule has 8 heteroatoms. The van der Waals surface area contributed by atoms with E-state index in [0.717, 1.165) is 22.3 Å². The Balaban J connectivity index is 0.000000162. The molecule has 0 radical (unpaired) electrons. The Morgan fingerprint density at radius 2 is 0.641 bits per heavy atom. The van der Waals surface area contributed by atoms with Gasteiger partial charge in [0.25, 0.3) is 0 Å². The third kappa shape index (κ3) is 6.35. The van der Waals surface area contributed by atoms with E-state index < -0.39 is 34.6 Å². The molecule has 0 unspecified atom stereocenters. The fourth-order valence-electron chi connectivity index (χ4n) is 10.9. The lowest BCUT2D eigenvalue weighted by Crippen LogP contribution is -2.48. The van der Waals surface area contributed by atoms with Crippen molar-refractivity contribution in [2.45, 2.75) is 36.5 Å². The lowest BCUT2D eigenvalue weighted by Gasteiger charge is -2.44. The number of ether oxygens (including phenoxy) is 2. The maximum absolute atomic E-state index is 14.1. The number of carbonyl (C=O) groups is 6. The lowest BCUT2D eigenvalue weighted by atomic mass is 9.55. The predicted octanol–water partition coefficient (Wildman–Crippen LogP) is 10.2. The molecular formula is C56H44O8. The molecule has 0 heterocycles. The Labute approximate surface area is 371 Å². The van der Waals surface area contributed by atoms with Gasteiger partial charge in [-0.25, -0.2) is 9.59 Å². The second-order valence-electron chi connectivity index (χ2n) is 16.5. The van der Waals surface area contributed by atoms with E-state index in [2.05, 4.69) is 0 Å². The van der Waals surface area contributed by atoms with E-state index in [1.165, 1.54) is 14.2 Å². The van der Waals surface area contributed by atoms with Crippen molar-refractivity contribution < 1.29 is 38.2 Å². The number of Topliss-reactive ketones (excluding diaryl/α,β-unsaturated/α-hetero) is 4. The number of methoxy groups -OCH3 is 2. The van der Waals surface area contributed by atoms with Crippen molar-refractivity contribution in [1.29, 1.82) is 0 Å². The van der Waals surface area contributed by atoms with Crippen molar-refractivity contribution in [3.8, 4) is 0 Å². The third-order valence-electron chi connectivity index (χ3n) is 13.6. The van der Waals surface area contributed by atoms with Crippen LogP contribution in [0.2, 0.25) is 0 Å². The quantitative estimate of drug-likeness (QED) is 0.120. The normalized spacial score (nSPS) is 21.2. The predicted molar refractivity (Wildman–Crippen MR) is 241 cm³/mol. The minimum Gasteiger partial charge on any atom is -0.466 e. The number of ketones is 4. The molecule has 6 aromatic rings. The van der Waals surface area contributed by atoms with Crippen molar-refractivity contribution >= 4 is 35.1 Å². The molecule has 0 aliphatic heterocycles. The first-order valence-corrected chi connectivity index (χ1v) is 21.4. The van der Waals surface area contributed by atoms with Crippen LogP contribution in [0, 0.1) is 10.8 Å². The molecular weight excluding hydrogens is 801 g/mol. The third-order valence-corrected chi connectivity index (χ3v) is 13.6. The number of hydrogen-bond donors (Lipinski definition) is 0. The number of rotatable bonds is 6. The second kappa shape index (κ2) is 16.9. The second-order valence-corrected chi connectivity index (χ2v) is 16.5. The molecule has 0 N–H and O–H groups in total. The molecule has 0 aromatic heterocycles. The zero-order valence-corrected chi connectivity index (χ0v) is 35.3. The fraction of sp³-hybridized carbons (Fsp3) is 0.179. The highest BCUT2D eigenvalue weighted by Gasteiger charge is 2.66. The van der Waals surface area contributed by atoms with Crippen LogP contribution in [0.4, 0.5) is 0 Å². The van der Waals surface area contributed by atoms with Gasteiger partial charge < -0.3 is 9.47 Å². The molecule has 4 atom stereocenters. The lowest BCUT2D eigenvalue weighted by molar-refractivity contribution is -0.138. The molecule has 4 aliphatic carbocycles. The van der Waals surface area contributed by atoms with Crippen molar-refractivity contribution in [2.75, 3.05) is 14.2 Å². The van der Waals surface area contributed by atoms with Gasteiger partial charge in [-0.05, 0) is 46.9 Å². The summed E-state index contributed by atoms with van der Waals surface area (Å²) >= 11 is 0. The highest BCUT2D eigenvalue weighted by atomic mass is 16.5. The fourth-order valence-corrected chi connectivity index (χ4v) is 10.9. The molecule has 64 heavy (non-hydrogen) atoms. The molecule has 0 saturated heterocycles. The molecule has 8 nitrogen and oxygen atoms in total. The topological polar surface area (TPSA) is 121 Å². The Morgan fingerprint density at radius 1 is 0.391 bits per heavy atom. The molecule has 2 spiro atoms. The summed E-state index contributed by atoms with van der Waals surface area (Å²) in [5.41, 5.74) is 2.19. The van der Waals surface area contributed by atoms with E-state index in [9.17, 15) is 28.8 Å². The monoisotopic (exact) mass is 844 g/mol. The van der Waals surface area contributed by atoms with Gasteiger partial charge in [-0.1, -0.05) is 182 Å². The first-order valence-electron chi connectivity index (χ1n) is 21.4. The molecule has 0 saturated carbocycles. The minimum absolute atomic E-state index is 0.146. The summed E-state index contributed by atoms with van der Waals surface area (Å²) in [6.07, 6.45) is 4.52. The number of hydrogen-bond acceptors (Lipinski definition) is 8. The average Bonchev–Trinajstić information content (AvgIpc) is 3.71. The van der Waals surface area contributed by atoms with Crippen LogP contribution in [0.5, 0.6) is 0 Å². The molecule has 0 bridgehead atoms. The SMILES string of the molecule is COC(=O)C1=CC[C@H](c2ccccc2)[C@@H](c2ccccc2)C12C(=O)c1ccccc1C2=O.COC(=O)C1=CC[C@H](c2ccccc2)[C@@H](c2ccccc2)C12C(=O)c1ccccc1C2=O. The van der Waals surface area contributed by atoms with Crippen LogP contribution in [0.1, 0.15) is 100 Å². The van der Waals surface area contributed by atoms with Crippen LogP contribution in [0.3, 0.4) is 0 Å². The Morgan fingerprint density at radius 3 is 0.906 bits per heavy atom. The number of allylic oxidation sites excluding steroid dienone is 2. The van der Waals surface area contributed by atoms with Gasteiger partial charge in [-0.15, -0.1) is 0 Å². The summed E-state index contributed by atoms with van der Waals surface area (Å²) in [6, 6.07) is 52.6. The Hall–Kier alpha value is -7.58. The van der Waals surface area contributed by atoms with Crippen LogP contribution in [0.15, 0.2) is 193 Å². The van der Waals surface area contributed by atoms with Crippen LogP contribution in [-0.4, -0.2) is 49.3 Å². The first-order chi connectivity index (χ1) is 31.2. The summed E-state index contributed by atoms with van der Waals surface area (Å²) in [6.45, 7) is 0.